The minimum Gasteiger partial charge on any atom is -0.317 e. The van der Waals surface area contributed by atoms with Crippen LogP contribution in [0.1, 0.15) is 66.2 Å². The van der Waals surface area contributed by atoms with Crippen LogP contribution < -0.4 is 10.6 Å². The topological polar surface area (TPSA) is 24.1 Å². The molecule has 2 saturated carbocycles. The Hall–Kier alpha value is -0.0800. The Labute approximate surface area is 115 Å². The highest BCUT2D eigenvalue weighted by Crippen LogP contribution is 2.40. The minimum atomic E-state index is 0.770. The lowest BCUT2D eigenvalue weighted by Crippen LogP contribution is -2.52. The highest BCUT2D eigenvalue weighted by atomic mass is 14.9. The van der Waals surface area contributed by atoms with Gasteiger partial charge in [0.25, 0.3) is 0 Å². The summed E-state index contributed by atoms with van der Waals surface area (Å²) < 4.78 is 0. The van der Waals surface area contributed by atoms with Gasteiger partial charge in [0.15, 0.2) is 0 Å². The third-order valence-corrected chi connectivity index (χ3v) is 4.40. The van der Waals surface area contributed by atoms with Gasteiger partial charge in [0, 0.05) is 12.1 Å². The zero-order valence-electron chi connectivity index (χ0n) is 13.6. The molecule has 2 nitrogen and oxygen atoms in total. The molecule has 0 bridgehead atoms. The van der Waals surface area contributed by atoms with Crippen molar-refractivity contribution in [1.29, 1.82) is 0 Å². The van der Waals surface area contributed by atoms with E-state index in [1.807, 2.05) is 27.7 Å². The minimum absolute atomic E-state index is 0.770. The molecule has 2 heteroatoms. The van der Waals surface area contributed by atoms with E-state index in [-0.39, 0.29) is 0 Å². The van der Waals surface area contributed by atoms with Gasteiger partial charge in [0.05, 0.1) is 0 Å². The van der Waals surface area contributed by atoms with Gasteiger partial charge in [-0.15, -0.1) is 0 Å². The van der Waals surface area contributed by atoms with E-state index in [0.29, 0.717) is 0 Å². The molecule has 2 N–H and O–H groups in total. The predicted molar refractivity (Wildman–Crippen MR) is 83.1 cm³/mol. The van der Waals surface area contributed by atoms with Crippen LogP contribution in [-0.2, 0) is 0 Å². The Bertz CT molecular complexity index is 153. The predicted octanol–water partition coefficient (Wildman–Crippen LogP) is 3.82. The fraction of sp³-hybridized carbons (Fsp3) is 1.00. The van der Waals surface area contributed by atoms with Crippen molar-refractivity contribution in [3.63, 3.8) is 0 Å². The van der Waals surface area contributed by atoms with Crippen molar-refractivity contribution in [2.45, 2.75) is 78.3 Å². The summed E-state index contributed by atoms with van der Waals surface area (Å²) in [7, 11) is 4.27. The zero-order chi connectivity index (χ0) is 14.0. The first-order chi connectivity index (χ1) is 8.86. The van der Waals surface area contributed by atoms with Gasteiger partial charge >= 0.3 is 0 Å². The highest BCUT2D eigenvalue weighted by molar-refractivity contribution is 4.95. The molecule has 0 spiro atoms. The van der Waals surface area contributed by atoms with Gasteiger partial charge in [-0.05, 0) is 38.8 Å². The maximum absolute atomic E-state index is 3.53. The Kier molecular flexibility index (Phi) is 10.8. The smallest absolute Gasteiger partial charge is 0.0110 e. The van der Waals surface area contributed by atoms with Crippen LogP contribution in [0.3, 0.4) is 0 Å². The van der Waals surface area contributed by atoms with Gasteiger partial charge in [-0.25, -0.2) is 0 Å². The van der Waals surface area contributed by atoms with Gasteiger partial charge in [-0.3, -0.25) is 0 Å². The second-order valence-electron chi connectivity index (χ2n) is 4.99. The van der Waals surface area contributed by atoms with Gasteiger partial charge in [-0.1, -0.05) is 53.4 Å². The van der Waals surface area contributed by atoms with Gasteiger partial charge in [0.1, 0.15) is 0 Å². The summed E-state index contributed by atoms with van der Waals surface area (Å²) in [5.41, 5.74) is 0. The van der Waals surface area contributed by atoms with Gasteiger partial charge in [-0.2, -0.15) is 0 Å². The van der Waals surface area contributed by atoms with Crippen molar-refractivity contribution in [3.8, 4) is 0 Å². The Morgan fingerprint density at radius 3 is 1.39 bits per heavy atom. The van der Waals surface area contributed by atoms with E-state index < -0.39 is 0 Å². The first-order valence-corrected chi connectivity index (χ1v) is 8.21. The van der Waals surface area contributed by atoms with E-state index in [0.717, 1.165) is 23.9 Å². The largest absolute Gasteiger partial charge is 0.317 e. The molecule has 18 heavy (non-hydrogen) atoms. The number of hydrogen-bond acceptors (Lipinski definition) is 2. The molecule has 0 amide bonds. The summed E-state index contributed by atoms with van der Waals surface area (Å²) >= 11 is 0. The zero-order valence-corrected chi connectivity index (χ0v) is 13.6. The molecule has 0 aromatic rings. The van der Waals surface area contributed by atoms with Crippen molar-refractivity contribution < 1.29 is 0 Å². The molecule has 2 aliphatic rings. The van der Waals surface area contributed by atoms with E-state index >= 15 is 0 Å². The number of rotatable bonds is 2. The average molecular weight is 256 g/mol. The van der Waals surface area contributed by atoms with E-state index in [1.165, 1.54) is 38.5 Å². The summed E-state index contributed by atoms with van der Waals surface area (Å²) in [4.78, 5) is 0. The molecule has 2 aliphatic carbocycles. The molecule has 0 radical (unpaired) electrons. The molecule has 2 atom stereocenters. The van der Waals surface area contributed by atoms with Crippen LogP contribution in [0.25, 0.3) is 0 Å². The molecule has 0 heterocycles. The quantitative estimate of drug-likeness (QED) is 0.785. The second kappa shape index (κ2) is 10.8. The lowest BCUT2D eigenvalue weighted by molar-refractivity contribution is 0.0961. The lowest BCUT2D eigenvalue weighted by atomic mass is 9.66. The van der Waals surface area contributed by atoms with E-state index in [9.17, 15) is 0 Å². The first kappa shape index (κ1) is 17.9. The van der Waals surface area contributed by atoms with Crippen LogP contribution in [0.2, 0.25) is 0 Å². The SMILES string of the molecule is CC.CC.CNC1CCCC2CCCC(NC)C21. The van der Waals surface area contributed by atoms with Crippen molar-refractivity contribution in [1.82, 2.24) is 10.6 Å². The third kappa shape index (κ3) is 4.55. The normalized spacial score (nSPS) is 34.3. The van der Waals surface area contributed by atoms with Crippen LogP contribution in [0.5, 0.6) is 0 Å². The number of fused-ring (bicyclic) bond motifs is 1. The maximum Gasteiger partial charge on any atom is 0.0110 e. The lowest BCUT2D eigenvalue weighted by Gasteiger charge is -2.46. The molecular weight excluding hydrogens is 220 g/mol. The van der Waals surface area contributed by atoms with Crippen LogP contribution in [0, 0.1) is 11.8 Å². The van der Waals surface area contributed by atoms with E-state index in [1.54, 1.807) is 0 Å². The molecular formula is C16H36N2. The first-order valence-electron chi connectivity index (χ1n) is 8.21. The highest BCUT2D eigenvalue weighted by Gasteiger charge is 2.39. The number of hydrogen-bond donors (Lipinski definition) is 2. The van der Waals surface area contributed by atoms with Crippen LogP contribution in [-0.4, -0.2) is 26.2 Å². The van der Waals surface area contributed by atoms with Crippen molar-refractivity contribution in [2.24, 2.45) is 11.8 Å². The van der Waals surface area contributed by atoms with Crippen molar-refractivity contribution in [2.75, 3.05) is 14.1 Å². The Morgan fingerprint density at radius 1 is 0.667 bits per heavy atom. The Balaban J connectivity index is 0.000000659. The summed E-state index contributed by atoms with van der Waals surface area (Å²) in [6, 6.07) is 1.54. The van der Waals surface area contributed by atoms with Crippen LogP contribution >= 0.6 is 0 Å². The van der Waals surface area contributed by atoms with E-state index in [4.69, 9.17) is 0 Å². The molecule has 0 saturated heterocycles. The number of nitrogens with one attached hydrogen (secondary N) is 2. The fourth-order valence-electron chi connectivity index (χ4n) is 3.73. The molecule has 110 valence electrons. The third-order valence-electron chi connectivity index (χ3n) is 4.40. The molecule has 2 rings (SSSR count). The fourth-order valence-corrected chi connectivity index (χ4v) is 3.73. The molecule has 0 aliphatic heterocycles. The van der Waals surface area contributed by atoms with Crippen LogP contribution in [0.15, 0.2) is 0 Å². The van der Waals surface area contributed by atoms with E-state index in [2.05, 4.69) is 24.7 Å². The van der Waals surface area contributed by atoms with Gasteiger partial charge in [0.2, 0.25) is 0 Å². The molecule has 2 fully saturated rings. The van der Waals surface area contributed by atoms with Gasteiger partial charge < -0.3 is 10.6 Å². The molecule has 0 aromatic heterocycles. The standard InChI is InChI=1S/C12H24N2.2C2H6/c1-13-10-7-3-5-9-6-4-8-11(14-2)12(9)10;2*1-2/h9-14H,3-8H2,1-2H3;2*1-2H3. The maximum atomic E-state index is 3.53. The summed E-state index contributed by atoms with van der Waals surface area (Å²) in [5, 5.41) is 7.05. The second-order valence-corrected chi connectivity index (χ2v) is 4.99. The van der Waals surface area contributed by atoms with Crippen molar-refractivity contribution in [3.05, 3.63) is 0 Å². The summed E-state index contributed by atoms with van der Waals surface area (Å²) in [5.74, 6) is 1.89. The Morgan fingerprint density at radius 2 is 1.06 bits per heavy atom. The van der Waals surface area contributed by atoms with Crippen molar-refractivity contribution >= 4 is 0 Å². The molecule has 0 aromatic carbocycles. The molecule has 2 unspecified atom stereocenters. The van der Waals surface area contributed by atoms with Crippen LogP contribution in [0.4, 0.5) is 0 Å². The summed E-state index contributed by atoms with van der Waals surface area (Å²) in [6.07, 6.45) is 8.58. The monoisotopic (exact) mass is 256 g/mol. The summed E-state index contributed by atoms with van der Waals surface area (Å²) in [6.45, 7) is 8.00. The average Bonchev–Trinajstić information content (AvgIpc) is 2.50.